The number of aryl methyl sites for hydroxylation is 4. The Kier molecular flexibility index (Phi) is 3.83. The standard InChI is InChI=1S/C14H21N5/c1-6-19-9-13(11(3)17-19)8-18(5)14-12(4)15-7-10(2)16-14/h7,9H,6,8H2,1-5H3. The molecule has 0 amide bonds. The molecule has 0 aliphatic carbocycles. The third-order valence-electron chi connectivity index (χ3n) is 3.19. The summed E-state index contributed by atoms with van der Waals surface area (Å²) in [6.45, 7) is 9.78. The van der Waals surface area contributed by atoms with Crippen LogP contribution in [0.5, 0.6) is 0 Å². The van der Waals surface area contributed by atoms with Crippen molar-refractivity contribution in [3.8, 4) is 0 Å². The van der Waals surface area contributed by atoms with Gasteiger partial charge in [0.15, 0.2) is 0 Å². The van der Waals surface area contributed by atoms with Crippen LogP contribution in [0.1, 0.15) is 29.6 Å². The van der Waals surface area contributed by atoms with Crippen molar-refractivity contribution in [2.75, 3.05) is 11.9 Å². The molecule has 0 fully saturated rings. The molecule has 0 spiro atoms. The molecule has 0 bridgehead atoms. The van der Waals surface area contributed by atoms with Gasteiger partial charge >= 0.3 is 0 Å². The molecular weight excluding hydrogens is 238 g/mol. The van der Waals surface area contributed by atoms with E-state index in [1.807, 2.05) is 32.5 Å². The molecule has 5 nitrogen and oxygen atoms in total. The van der Waals surface area contributed by atoms with E-state index in [1.54, 1.807) is 6.20 Å². The van der Waals surface area contributed by atoms with Crippen molar-refractivity contribution in [2.45, 2.75) is 40.8 Å². The summed E-state index contributed by atoms with van der Waals surface area (Å²) in [5.41, 5.74) is 4.20. The number of rotatable bonds is 4. The Morgan fingerprint density at radius 1 is 1.21 bits per heavy atom. The van der Waals surface area contributed by atoms with Gasteiger partial charge in [-0.05, 0) is 27.7 Å². The first-order valence-corrected chi connectivity index (χ1v) is 6.55. The zero-order chi connectivity index (χ0) is 14.0. The minimum atomic E-state index is 0.796. The van der Waals surface area contributed by atoms with E-state index in [0.717, 1.165) is 36.0 Å². The maximum atomic E-state index is 4.56. The van der Waals surface area contributed by atoms with E-state index in [2.05, 4.69) is 33.1 Å². The van der Waals surface area contributed by atoms with Gasteiger partial charge in [-0.1, -0.05) is 0 Å². The van der Waals surface area contributed by atoms with Gasteiger partial charge in [-0.3, -0.25) is 9.67 Å². The third kappa shape index (κ3) is 2.92. The summed E-state index contributed by atoms with van der Waals surface area (Å²) < 4.78 is 1.97. The van der Waals surface area contributed by atoms with Gasteiger partial charge in [0.25, 0.3) is 0 Å². The first kappa shape index (κ1) is 13.5. The van der Waals surface area contributed by atoms with Gasteiger partial charge in [0.05, 0.1) is 17.1 Å². The summed E-state index contributed by atoms with van der Waals surface area (Å²) in [6.07, 6.45) is 3.90. The number of nitrogens with zero attached hydrogens (tertiary/aromatic N) is 5. The van der Waals surface area contributed by atoms with Gasteiger partial charge in [0.1, 0.15) is 5.82 Å². The van der Waals surface area contributed by atoms with E-state index in [-0.39, 0.29) is 0 Å². The second-order valence-corrected chi connectivity index (χ2v) is 4.87. The van der Waals surface area contributed by atoms with Crippen LogP contribution in [0, 0.1) is 20.8 Å². The molecule has 0 N–H and O–H groups in total. The predicted molar refractivity (Wildman–Crippen MR) is 76.3 cm³/mol. The summed E-state index contributed by atoms with van der Waals surface area (Å²) in [5.74, 6) is 0.934. The Balaban J connectivity index is 2.22. The molecule has 19 heavy (non-hydrogen) atoms. The largest absolute Gasteiger partial charge is 0.354 e. The molecule has 2 rings (SSSR count). The van der Waals surface area contributed by atoms with Crippen molar-refractivity contribution in [2.24, 2.45) is 0 Å². The van der Waals surface area contributed by atoms with Gasteiger partial charge < -0.3 is 4.90 Å². The minimum absolute atomic E-state index is 0.796. The van der Waals surface area contributed by atoms with E-state index < -0.39 is 0 Å². The highest BCUT2D eigenvalue weighted by molar-refractivity contribution is 5.43. The van der Waals surface area contributed by atoms with Crippen molar-refractivity contribution < 1.29 is 0 Å². The monoisotopic (exact) mass is 259 g/mol. The average molecular weight is 259 g/mol. The molecule has 0 saturated carbocycles. The van der Waals surface area contributed by atoms with Crippen LogP contribution in [0.4, 0.5) is 5.82 Å². The second kappa shape index (κ2) is 5.38. The molecule has 0 aromatic carbocycles. The van der Waals surface area contributed by atoms with Crippen molar-refractivity contribution >= 4 is 5.82 Å². The molecular formula is C14H21N5. The highest BCUT2D eigenvalue weighted by atomic mass is 15.3. The van der Waals surface area contributed by atoms with Crippen LogP contribution in [0.3, 0.4) is 0 Å². The van der Waals surface area contributed by atoms with Crippen LogP contribution in [-0.2, 0) is 13.1 Å². The first-order valence-electron chi connectivity index (χ1n) is 6.55. The quantitative estimate of drug-likeness (QED) is 0.845. The van der Waals surface area contributed by atoms with Gasteiger partial charge in [0.2, 0.25) is 0 Å². The number of aromatic nitrogens is 4. The summed E-state index contributed by atoms with van der Waals surface area (Å²) in [7, 11) is 2.04. The Morgan fingerprint density at radius 3 is 2.58 bits per heavy atom. The zero-order valence-corrected chi connectivity index (χ0v) is 12.3. The molecule has 102 valence electrons. The lowest BCUT2D eigenvalue weighted by molar-refractivity contribution is 0.653. The second-order valence-electron chi connectivity index (χ2n) is 4.87. The van der Waals surface area contributed by atoms with Crippen LogP contribution >= 0.6 is 0 Å². The Bertz CT molecular complexity index is 573. The summed E-state index contributed by atoms with van der Waals surface area (Å²) in [5, 5.41) is 4.47. The smallest absolute Gasteiger partial charge is 0.150 e. The van der Waals surface area contributed by atoms with Crippen LogP contribution in [-0.4, -0.2) is 26.8 Å². The fourth-order valence-corrected chi connectivity index (χ4v) is 2.09. The molecule has 0 radical (unpaired) electrons. The van der Waals surface area contributed by atoms with E-state index in [4.69, 9.17) is 0 Å². The highest BCUT2D eigenvalue weighted by Gasteiger charge is 2.11. The van der Waals surface area contributed by atoms with E-state index >= 15 is 0 Å². The van der Waals surface area contributed by atoms with Crippen LogP contribution in [0.25, 0.3) is 0 Å². The van der Waals surface area contributed by atoms with Crippen molar-refractivity contribution in [3.63, 3.8) is 0 Å². The molecule has 2 aromatic rings. The SMILES string of the molecule is CCn1cc(CN(C)c2nc(C)cnc2C)c(C)n1. The summed E-state index contributed by atoms with van der Waals surface area (Å²) in [4.78, 5) is 11.0. The normalized spacial score (nSPS) is 10.8. The maximum absolute atomic E-state index is 4.56. The zero-order valence-electron chi connectivity index (χ0n) is 12.3. The molecule has 0 aliphatic heterocycles. The molecule has 2 heterocycles. The predicted octanol–water partition coefficient (Wildman–Crippen LogP) is 2.25. The van der Waals surface area contributed by atoms with Crippen molar-refractivity contribution in [1.82, 2.24) is 19.7 Å². The van der Waals surface area contributed by atoms with Crippen molar-refractivity contribution in [3.05, 3.63) is 35.0 Å². The fourth-order valence-electron chi connectivity index (χ4n) is 2.09. The van der Waals surface area contributed by atoms with Gasteiger partial charge in [0, 0.05) is 38.1 Å². The molecule has 0 saturated heterocycles. The first-order chi connectivity index (χ1) is 9.01. The molecule has 5 heteroatoms. The molecule has 2 aromatic heterocycles. The van der Waals surface area contributed by atoms with Crippen LogP contribution in [0.15, 0.2) is 12.4 Å². The Labute approximate surface area is 114 Å². The number of hydrogen-bond acceptors (Lipinski definition) is 4. The maximum Gasteiger partial charge on any atom is 0.150 e. The van der Waals surface area contributed by atoms with Crippen LogP contribution in [0.2, 0.25) is 0 Å². The van der Waals surface area contributed by atoms with E-state index in [9.17, 15) is 0 Å². The number of anilines is 1. The molecule has 0 unspecified atom stereocenters. The molecule has 0 aliphatic rings. The average Bonchev–Trinajstić information content (AvgIpc) is 2.73. The lowest BCUT2D eigenvalue weighted by Gasteiger charge is -2.19. The van der Waals surface area contributed by atoms with Gasteiger partial charge in [-0.15, -0.1) is 0 Å². The lowest BCUT2D eigenvalue weighted by atomic mass is 10.2. The van der Waals surface area contributed by atoms with E-state index in [1.165, 1.54) is 5.56 Å². The number of hydrogen-bond donors (Lipinski definition) is 0. The summed E-state index contributed by atoms with van der Waals surface area (Å²) in [6, 6.07) is 0. The van der Waals surface area contributed by atoms with Gasteiger partial charge in [-0.2, -0.15) is 5.10 Å². The highest BCUT2D eigenvalue weighted by Crippen LogP contribution is 2.17. The Morgan fingerprint density at radius 2 is 1.95 bits per heavy atom. The van der Waals surface area contributed by atoms with Crippen molar-refractivity contribution in [1.29, 1.82) is 0 Å². The van der Waals surface area contributed by atoms with Gasteiger partial charge in [-0.25, -0.2) is 4.98 Å². The summed E-state index contributed by atoms with van der Waals surface area (Å²) >= 11 is 0. The van der Waals surface area contributed by atoms with E-state index in [0.29, 0.717) is 0 Å². The topological polar surface area (TPSA) is 46.8 Å². The molecule has 0 atom stereocenters. The third-order valence-corrected chi connectivity index (χ3v) is 3.19. The lowest BCUT2D eigenvalue weighted by Crippen LogP contribution is -2.20. The fraction of sp³-hybridized carbons (Fsp3) is 0.500. The Hall–Kier alpha value is -1.91. The minimum Gasteiger partial charge on any atom is -0.354 e. The van der Waals surface area contributed by atoms with Crippen LogP contribution < -0.4 is 4.90 Å².